The van der Waals surface area contributed by atoms with Gasteiger partial charge < -0.3 is 15.2 Å². The zero-order chi connectivity index (χ0) is 15.6. The molecule has 0 bridgehead atoms. The van der Waals surface area contributed by atoms with E-state index in [4.69, 9.17) is 4.74 Å². The lowest BCUT2D eigenvalue weighted by atomic mass is 9.91. The van der Waals surface area contributed by atoms with Gasteiger partial charge in [-0.15, -0.1) is 0 Å². The molecule has 0 aromatic heterocycles. The van der Waals surface area contributed by atoms with Gasteiger partial charge in [0.2, 0.25) is 0 Å². The van der Waals surface area contributed by atoms with Gasteiger partial charge in [0, 0.05) is 12.1 Å². The fraction of sp³-hybridized carbons (Fsp3) is 0.588. The van der Waals surface area contributed by atoms with Gasteiger partial charge in [-0.2, -0.15) is 0 Å². The lowest BCUT2D eigenvalue weighted by molar-refractivity contribution is 0.0376. The molecule has 5 heteroatoms. The first-order valence-corrected chi connectivity index (χ1v) is 8.05. The molecular formula is C17H24N2O3. The van der Waals surface area contributed by atoms with Crippen molar-refractivity contribution < 1.29 is 14.6 Å². The predicted molar refractivity (Wildman–Crippen MR) is 85.0 cm³/mol. The molecule has 1 atom stereocenters. The molecule has 5 nitrogen and oxygen atoms in total. The van der Waals surface area contributed by atoms with Crippen molar-refractivity contribution >= 4 is 11.8 Å². The summed E-state index contributed by atoms with van der Waals surface area (Å²) in [6, 6.07) is 5.72. The Balaban J connectivity index is 1.80. The highest BCUT2D eigenvalue weighted by molar-refractivity contribution is 5.90. The lowest BCUT2D eigenvalue weighted by Crippen LogP contribution is -2.39. The van der Waals surface area contributed by atoms with Crippen LogP contribution in [0.4, 0.5) is 10.5 Å². The molecule has 1 amide bonds. The monoisotopic (exact) mass is 304 g/mol. The van der Waals surface area contributed by atoms with E-state index in [2.05, 4.69) is 5.32 Å². The Bertz CT molecular complexity index is 551. The van der Waals surface area contributed by atoms with Crippen LogP contribution in [0.2, 0.25) is 0 Å². The minimum absolute atomic E-state index is 0.0200. The molecule has 1 aromatic carbocycles. The smallest absolute Gasteiger partial charge is 0.415 e. The highest BCUT2D eigenvalue weighted by Gasteiger charge is 2.45. The minimum atomic E-state index is -0.353. The Kier molecular flexibility index (Phi) is 4.36. The molecule has 0 saturated carbocycles. The largest absolute Gasteiger partial charge is 0.441 e. The van der Waals surface area contributed by atoms with E-state index in [0.717, 1.165) is 55.6 Å². The molecule has 2 saturated heterocycles. The number of rotatable bonds is 2. The quantitative estimate of drug-likeness (QED) is 0.880. The molecule has 1 unspecified atom stereocenters. The minimum Gasteiger partial charge on any atom is -0.441 e. The van der Waals surface area contributed by atoms with Gasteiger partial charge in [-0.3, -0.25) is 4.90 Å². The summed E-state index contributed by atoms with van der Waals surface area (Å²) in [5.41, 5.74) is 2.38. The van der Waals surface area contributed by atoms with Gasteiger partial charge in [-0.1, -0.05) is 6.07 Å². The van der Waals surface area contributed by atoms with Crippen LogP contribution >= 0.6 is 0 Å². The van der Waals surface area contributed by atoms with E-state index in [9.17, 15) is 9.90 Å². The molecule has 1 aromatic rings. The Morgan fingerprint density at radius 1 is 1.32 bits per heavy atom. The number of hydrogen-bond donors (Lipinski definition) is 2. The van der Waals surface area contributed by atoms with Crippen LogP contribution < -0.4 is 10.2 Å². The third-order valence-corrected chi connectivity index (χ3v) is 4.77. The maximum atomic E-state index is 12.3. The second-order valence-corrected chi connectivity index (χ2v) is 6.36. The van der Waals surface area contributed by atoms with Gasteiger partial charge in [0.15, 0.2) is 0 Å². The van der Waals surface area contributed by atoms with Crippen molar-refractivity contribution in [3.05, 3.63) is 29.3 Å². The molecule has 22 heavy (non-hydrogen) atoms. The topological polar surface area (TPSA) is 61.8 Å². The van der Waals surface area contributed by atoms with Gasteiger partial charge in [0.05, 0.1) is 13.2 Å². The number of hydrogen-bond acceptors (Lipinski definition) is 4. The zero-order valence-corrected chi connectivity index (χ0v) is 13.1. The fourth-order valence-electron chi connectivity index (χ4n) is 3.37. The Labute approximate surface area is 131 Å². The summed E-state index contributed by atoms with van der Waals surface area (Å²) in [6.07, 6.45) is 3.75. The first-order chi connectivity index (χ1) is 10.6. The second kappa shape index (κ2) is 6.26. The van der Waals surface area contributed by atoms with Crippen LogP contribution in [0.15, 0.2) is 18.2 Å². The van der Waals surface area contributed by atoms with Gasteiger partial charge in [0.25, 0.3) is 0 Å². The Morgan fingerprint density at radius 3 is 2.95 bits per heavy atom. The number of aliphatic hydroxyl groups excluding tert-OH is 1. The average molecular weight is 304 g/mol. The van der Waals surface area contributed by atoms with Gasteiger partial charge >= 0.3 is 6.09 Å². The van der Waals surface area contributed by atoms with Crippen LogP contribution in [0, 0.1) is 6.92 Å². The Morgan fingerprint density at radius 2 is 2.18 bits per heavy atom. The number of carbonyl (C=O) groups is 1. The Hall–Kier alpha value is -1.59. The number of aryl methyl sites for hydroxylation is 1. The number of aliphatic hydroxyl groups is 1. The van der Waals surface area contributed by atoms with Crippen LogP contribution in [-0.2, 0) is 11.3 Å². The summed E-state index contributed by atoms with van der Waals surface area (Å²) < 4.78 is 5.79. The molecule has 2 aliphatic heterocycles. The molecule has 1 spiro atoms. The number of amides is 1. The summed E-state index contributed by atoms with van der Waals surface area (Å²) >= 11 is 0. The molecule has 2 fully saturated rings. The molecule has 2 heterocycles. The SMILES string of the molecule is Cc1cc(N2CC3(CCCCNCC3)OC2=O)ccc1CO. The third kappa shape index (κ3) is 2.96. The average Bonchev–Trinajstić information content (AvgIpc) is 2.81. The number of carbonyl (C=O) groups excluding carboxylic acids is 1. The van der Waals surface area contributed by atoms with Crippen LogP contribution in [0.25, 0.3) is 0 Å². The van der Waals surface area contributed by atoms with Crippen LogP contribution in [-0.4, -0.2) is 36.4 Å². The summed E-state index contributed by atoms with van der Waals surface area (Å²) in [5, 5.41) is 12.7. The van der Waals surface area contributed by atoms with Crippen molar-refractivity contribution in [2.24, 2.45) is 0 Å². The molecule has 2 N–H and O–H groups in total. The van der Waals surface area contributed by atoms with E-state index in [1.165, 1.54) is 0 Å². The molecule has 0 radical (unpaired) electrons. The third-order valence-electron chi connectivity index (χ3n) is 4.77. The van der Waals surface area contributed by atoms with Gasteiger partial charge in [0.1, 0.15) is 5.60 Å². The van der Waals surface area contributed by atoms with E-state index >= 15 is 0 Å². The maximum Gasteiger partial charge on any atom is 0.415 e. The highest BCUT2D eigenvalue weighted by atomic mass is 16.6. The standard InChI is InChI=1S/C17H24N2O3/c1-13-10-15(5-4-14(13)11-20)19-12-17(22-16(19)21)6-2-3-8-18-9-7-17/h4-5,10,18,20H,2-3,6-9,11-12H2,1H3. The van der Waals surface area contributed by atoms with E-state index in [1.807, 2.05) is 25.1 Å². The van der Waals surface area contributed by atoms with Crippen LogP contribution in [0.3, 0.4) is 0 Å². The van der Waals surface area contributed by atoms with Gasteiger partial charge in [-0.05, 0) is 62.5 Å². The van der Waals surface area contributed by atoms with Crippen molar-refractivity contribution in [1.29, 1.82) is 0 Å². The maximum absolute atomic E-state index is 12.3. The number of benzene rings is 1. The second-order valence-electron chi connectivity index (χ2n) is 6.36. The molecule has 3 rings (SSSR count). The van der Waals surface area contributed by atoms with Crippen molar-refractivity contribution in [3.63, 3.8) is 0 Å². The zero-order valence-electron chi connectivity index (χ0n) is 13.1. The normalized spacial score (nSPS) is 25.9. The van der Waals surface area contributed by atoms with Crippen molar-refractivity contribution in [2.75, 3.05) is 24.5 Å². The van der Waals surface area contributed by atoms with Crippen LogP contribution in [0.5, 0.6) is 0 Å². The summed E-state index contributed by atoms with van der Waals surface area (Å²) in [7, 11) is 0. The first-order valence-electron chi connectivity index (χ1n) is 8.05. The lowest BCUT2D eigenvalue weighted by Gasteiger charge is -2.29. The summed E-state index contributed by atoms with van der Waals surface area (Å²) in [4.78, 5) is 14.1. The van der Waals surface area contributed by atoms with Crippen molar-refractivity contribution in [2.45, 2.75) is 44.8 Å². The number of anilines is 1. The molecule has 2 aliphatic rings. The highest BCUT2D eigenvalue weighted by Crippen LogP contribution is 2.35. The number of nitrogens with zero attached hydrogens (tertiary/aromatic N) is 1. The summed E-state index contributed by atoms with van der Waals surface area (Å²) in [6.45, 7) is 4.53. The van der Waals surface area contributed by atoms with E-state index < -0.39 is 0 Å². The van der Waals surface area contributed by atoms with Crippen molar-refractivity contribution in [1.82, 2.24) is 5.32 Å². The van der Waals surface area contributed by atoms with Gasteiger partial charge in [-0.25, -0.2) is 4.79 Å². The first kappa shape index (κ1) is 15.3. The van der Waals surface area contributed by atoms with Crippen molar-refractivity contribution in [3.8, 4) is 0 Å². The molecule has 120 valence electrons. The van der Waals surface area contributed by atoms with E-state index in [0.29, 0.717) is 6.54 Å². The fourth-order valence-corrected chi connectivity index (χ4v) is 3.37. The van der Waals surface area contributed by atoms with E-state index in [1.54, 1.807) is 4.90 Å². The summed E-state index contributed by atoms with van der Waals surface area (Å²) in [5.74, 6) is 0. The predicted octanol–water partition coefficient (Wildman–Crippen LogP) is 2.35. The molecule has 0 aliphatic carbocycles. The van der Waals surface area contributed by atoms with Crippen LogP contribution in [0.1, 0.15) is 36.8 Å². The van der Waals surface area contributed by atoms with E-state index in [-0.39, 0.29) is 18.3 Å². The number of nitrogens with one attached hydrogen (secondary N) is 1. The number of ether oxygens (including phenoxy) is 1. The molecular weight excluding hydrogens is 280 g/mol.